The molecule has 0 aliphatic heterocycles. The smallest absolute Gasteiger partial charge is 0.152 e. The van der Waals surface area contributed by atoms with Gasteiger partial charge in [0, 0.05) is 5.41 Å². The van der Waals surface area contributed by atoms with Crippen molar-refractivity contribution in [3.63, 3.8) is 0 Å². The number of carbonyl (C=O) groups excluding carboxylic acids is 1. The third-order valence-corrected chi connectivity index (χ3v) is 3.33. The fourth-order valence-electron chi connectivity index (χ4n) is 1.55. The quantitative estimate of drug-likeness (QED) is 0.800. The van der Waals surface area contributed by atoms with E-state index in [0.717, 1.165) is 5.56 Å². The van der Waals surface area contributed by atoms with E-state index in [9.17, 15) is 9.18 Å². The van der Waals surface area contributed by atoms with Crippen LogP contribution in [0.15, 0.2) is 18.2 Å². The Bertz CT molecular complexity index is 499. The van der Waals surface area contributed by atoms with Crippen LogP contribution in [0.5, 0.6) is 0 Å². The van der Waals surface area contributed by atoms with E-state index < -0.39 is 11.2 Å². The van der Waals surface area contributed by atoms with Gasteiger partial charge in [0.05, 0.1) is 10.4 Å². The minimum absolute atomic E-state index is 0.00964. The lowest BCUT2D eigenvalue weighted by Crippen LogP contribution is -2.30. The highest BCUT2D eigenvalue weighted by molar-refractivity contribution is 9.10. The van der Waals surface area contributed by atoms with E-state index in [1.807, 2.05) is 20.8 Å². The van der Waals surface area contributed by atoms with Gasteiger partial charge >= 0.3 is 0 Å². The van der Waals surface area contributed by atoms with Gasteiger partial charge in [-0.15, -0.1) is 0 Å². The lowest BCUT2D eigenvalue weighted by molar-refractivity contribution is -0.125. The molecule has 1 aromatic carbocycles. The number of rotatable bonds is 3. The lowest BCUT2D eigenvalue weighted by atomic mass is 9.87. The Kier molecular flexibility index (Phi) is 4.64. The summed E-state index contributed by atoms with van der Waals surface area (Å²) in [5.74, 6) is -0.445. The van der Waals surface area contributed by atoms with E-state index in [1.165, 1.54) is 12.1 Å². The van der Waals surface area contributed by atoms with Gasteiger partial charge in [-0.2, -0.15) is 5.26 Å². The Morgan fingerprint density at radius 1 is 1.50 bits per heavy atom. The molecule has 18 heavy (non-hydrogen) atoms. The van der Waals surface area contributed by atoms with Gasteiger partial charge in [-0.3, -0.25) is 4.79 Å². The summed E-state index contributed by atoms with van der Waals surface area (Å²) < 4.78 is 13.2. The second-order valence-electron chi connectivity index (χ2n) is 5.21. The monoisotopic (exact) mass is 311 g/mol. The highest BCUT2D eigenvalue weighted by atomic mass is 79.9. The summed E-state index contributed by atoms with van der Waals surface area (Å²) in [6.45, 7) is 5.57. The van der Waals surface area contributed by atoms with Crippen molar-refractivity contribution in [3.05, 3.63) is 35.1 Å². The van der Waals surface area contributed by atoms with Crippen LogP contribution in [-0.4, -0.2) is 10.6 Å². The Morgan fingerprint density at radius 3 is 2.61 bits per heavy atom. The number of hydrogen-bond donors (Lipinski definition) is 0. The molecule has 1 rings (SSSR count). The first kappa shape index (κ1) is 14.8. The van der Waals surface area contributed by atoms with E-state index in [2.05, 4.69) is 15.9 Å². The van der Waals surface area contributed by atoms with Gasteiger partial charge in [-0.05, 0) is 24.1 Å². The maximum absolute atomic E-state index is 13.2. The lowest BCUT2D eigenvalue weighted by Gasteiger charge is -2.20. The molecule has 0 saturated heterocycles. The van der Waals surface area contributed by atoms with Crippen molar-refractivity contribution in [2.45, 2.75) is 32.0 Å². The number of ketones is 1. The van der Waals surface area contributed by atoms with Crippen LogP contribution in [0.3, 0.4) is 0 Å². The van der Waals surface area contributed by atoms with Crippen molar-refractivity contribution in [1.82, 2.24) is 0 Å². The Balaban J connectivity index is 2.87. The summed E-state index contributed by atoms with van der Waals surface area (Å²) in [5.41, 5.74) is 0.356. The summed E-state index contributed by atoms with van der Waals surface area (Å²) in [4.78, 5) is 11.7. The van der Waals surface area contributed by atoms with Crippen molar-refractivity contribution in [1.29, 1.82) is 5.26 Å². The molecule has 1 unspecified atom stereocenters. The molecule has 0 fully saturated rings. The van der Waals surface area contributed by atoms with Crippen LogP contribution >= 0.6 is 15.9 Å². The zero-order chi connectivity index (χ0) is 13.9. The Labute approximate surface area is 115 Å². The van der Waals surface area contributed by atoms with E-state index in [-0.39, 0.29) is 16.2 Å². The van der Waals surface area contributed by atoms with Gasteiger partial charge < -0.3 is 0 Å². The Hall–Kier alpha value is -1.21. The average molecular weight is 312 g/mol. The molecular weight excluding hydrogens is 297 g/mol. The summed E-state index contributed by atoms with van der Waals surface area (Å²) >= 11 is 3.35. The molecule has 0 heterocycles. The minimum Gasteiger partial charge on any atom is -0.298 e. The fraction of sp³-hybridized carbons (Fsp3) is 0.429. The fourth-order valence-corrected chi connectivity index (χ4v) is 2.62. The van der Waals surface area contributed by atoms with Crippen LogP contribution in [0, 0.1) is 22.6 Å². The standard InChI is InChI=1S/C14H15BrFNO/c1-14(2,3)13(18)11(15)7-9-4-5-12(16)10(6-9)8-17/h4-6,11H,7H2,1-3H3. The van der Waals surface area contributed by atoms with Gasteiger partial charge in [-0.25, -0.2) is 4.39 Å². The topological polar surface area (TPSA) is 40.9 Å². The summed E-state index contributed by atoms with van der Waals surface area (Å²) in [6, 6.07) is 6.14. The molecule has 1 aromatic rings. The third-order valence-electron chi connectivity index (χ3n) is 2.59. The first-order chi connectivity index (χ1) is 8.25. The number of hydrogen-bond acceptors (Lipinski definition) is 2. The van der Waals surface area contributed by atoms with Crippen LogP contribution in [-0.2, 0) is 11.2 Å². The molecule has 0 N–H and O–H groups in total. The zero-order valence-corrected chi connectivity index (χ0v) is 12.2. The van der Waals surface area contributed by atoms with Crippen LogP contribution in [0.2, 0.25) is 0 Å². The number of Topliss-reactive ketones (excluding diaryl/α,β-unsaturated/α-hetero) is 1. The van der Waals surface area contributed by atoms with E-state index in [0.29, 0.717) is 6.42 Å². The summed E-state index contributed by atoms with van der Waals surface area (Å²) in [6.07, 6.45) is 0.449. The third kappa shape index (κ3) is 3.64. The highest BCUT2D eigenvalue weighted by Crippen LogP contribution is 2.23. The van der Waals surface area contributed by atoms with Crippen LogP contribution in [0.1, 0.15) is 31.9 Å². The second kappa shape index (κ2) is 5.62. The van der Waals surface area contributed by atoms with Crippen molar-refractivity contribution in [2.24, 2.45) is 5.41 Å². The van der Waals surface area contributed by atoms with Crippen molar-refractivity contribution < 1.29 is 9.18 Å². The van der Waals surface area contributed by atoms with Gasteiger partial charge in [-0.1, -0.05) is 42.8 Å². The van der Waals surface area contributed by atoms with Crippen molar-refractivity contribution in [2.75, 3.05) is 0 Å². The SMILES string of the molecule is CC(C)(C)C(=O)C(Br)Cc1ccc(F)c(C#N)c1. The zero-order valence-electron chi connectivity index (χ0n) is 10.6. The maximum atomic E-state index is 13.2. The average Bonchev–Trinajstić information content (AvgIpc) is 2.29. The van der Waals surface area contributed by atoms with Crippen LogP contribution in [0.4, 0.5) is 4.39 Å². The first-order valence-electron chi connectivity index (χ1n) is 5.62. The predicted octanol–water partition coefficient (Wildman–Crippen LogP) is 3.62. The van der Waals surface area contributed by atoms with Crippen molar-refractivity contribution >= 4 is 21.7 Å². The molecule has 0 aliphatic carbocycles. The molecule has 0 bridgehead atoms. The second-order valence-corrected chi connectivity index (χ2v) is 6.32. The maximum Gasteiger partial charge on any atom is 0.152 e. The highest BCUT2D eigenvalue weighted by Gasteiger charge is 2.27. The normalized spacial score (nSPS) is 12.9. The molecule has 2 nitrogen and oxygen atoms in total. The molecule has 0 amide bonds. The number of halogens is 2. The molecule has 96 valence electrons. The summed E-state index contributed by atoms with van der Waals surface area (Å²) in [5, 5.41) is 8.75. The number of nitrogens with zero attached hydrogens (tertiary/aromatic N) is 1. The summed E-state index contributed by atoms with van der Waals surface area (Å²) in [7, 11) is 0. The van der Waals surface area contributed by atoms with Gasteiger partial charge in [0.2, 0.25) is 0 Å². The van der Waals surface area contributed by atoms with Crippen molar-refractivity contribution in [3.8, 4) is 6.07 Å². The largest absolute Gasteiger partial charge is 0.298 e. The molecule has 0 radical (unpaired) electrons. The molecule has 1 atom stereocenters. The molecule has 0 aliphatic rings. The van der Waals surface area contributed by atoms with E-state index in [1.54, 1.807) is 12.1 Å². The number of carbonyl (C=O) groups is 1. The van der Waals surface area contributed by atoms with Gasteiger partial charge in [0.1, 0.15) is 11.9 Å². The van der Waals surface area contributed by atoms with E-state index >= 15 is 0 Å². The molecule has 4 heteroatoms. The predicted molar refractivity (Wildman–Crippen MR) is 72.0 cm³/mol. The Morgan fingerprint density at radius 2 is 2.11 bits per heavy atom. The van der Waals surface area contributed by atoms with Crippen LogP contribution < -0.4 is 0 Å². The number of nitriles is 1. The van der Waals surface area contributed by atoms with Gasteiger partial charge in [0.25, 0.3) is 0 Å². The van der Waals surface area contributed by atoms with E-state index in [4.69, 9.17) is 5.26 Å². The first-order valence-corrected chi connectivity index (χ1v) is 6.54. The molecule has 0 aromatic heterocycles. The minimum atomic E-state index is -0.533. The number of benzene rings is 1. The molecule has 0 spiro atoms. The van der Waals surface area contributed by atoms with Gasteiger partial charge in [0.15, 0.2) is 5.78 Å². The van der Waals surface area contributed by atoms with Crippen LogP contribution in [0.25, 0.3) is 0 Å². The molecular formula is C14H15BrFNO. The molecule has 0 saturated carbocycles. The number of alkyl halides is 1.